The summed E-state index contributed by atoms with van der Waals surface area (Å²) in [6.07, 6.45) is -0.501. The van der Waals surface area contributed by atoms with Gasteiger partial charge in [0.15, 0.2) is 0 Å². The normalized spacial score (nSPS) is 19.7. The number of H-pyrrole nitrogens is 1. The van der Waals surface area contributed by atoms with E-state index in [4.69, 9.17) is 9.84 Å². The summed E-state index contributed by atoms with van der Waals surface area (Å²) in [6, 6.07) is 3.27. The Bertz CT molecular complexity index is 1020. The molecule has 2 atom stereocenters. The molecule has 2 heterocycles. The van der Waals surface area contributed by atoms with E-state index in [0.29, 0.717) is 24.4 Å². The number of hydrogen-bond acceptors (Lipinski definition) is 8. The molecular formula is C19H21Br2NO7S2. The number of phenolic OH excluding ortho intramolecular Hbond substituents is 1. The van der Waals surface area contributed by atoms with E-state index in [0.717, 1.165) is 11.3 Å². The number of aromatic nitrogens is 1. The number of thiazole rings is 1. The molecular weight excluding hydrogens is 578 g/mol. The fourth-order valence-electron chi connectivity index (χ4n) is 3.35. The monoisotopic (exact) mass is 597 g/mol. The van der Waals surface area contributed by atoms with E-state index < -0.39 is 29.7 Å². The molecule has 1 aliphatic heterocycles. The molecule has 170 valence electrons. The first-order chi connectivity index (χ1) is 14.6. The number of nitrogens with one attached hydrogen (secondary N) is 1. The topological polar surface area (TPSA) is 137 Å². The molecule has 4 N–H and O–H groups in total. The number of aliphatic hydroxyl groups excluding tert-OH is 1. The van der Waals surface area contributed by atoms with Crippen LogP contribution in [0.3, 0.4) is 0 Å². The van der Waals surface area contributed by atoms with Crippen molar-refractivity contribution in [1.82, 2.24) is 4.98 Å². The number of phenols is 1. The number of hydrogen-bond donors (Lipinski definition) is 4. The predicted octanol–water partition coefficient (Wildman–Crippen LogP) is 3.93. The molecule has 2 aromatic rings. The molecule has 3 rings (SSSR count). The number of rotatable bonds is 5. The van der Waals surface area contributed by atoms with E-state index in [9.17, 15) is 24.6 Å². The van der Waals surface area contributed by atoms with E-state index in [2.05, 4.69) is 36.8 Å². The zero-order valence-corrected chi connectivity index (χ0v) is 21.4. The number of halogens is 2. The highest BCUT2D eigenvalue weighted by Gasteiger charge is 2.54. The lowest BCUT2D eigenvalue weighted by atomic mass is 9.69. The number of ether oxygens (including phenoxy) is 1. The minimum atomic E-state index is -1.48. The van der Waals surface area contributed by atoms with Crippen LogP contribution in [0.1, 0.15) is 36.6 Å². The number of carbonyl (C=O) groups is 2. The lowest BCUT2D eigenvalue weighted by molar-refractivity contribution is -0.160. The highest BCUT2D eigenvalue weighted by Crippen LogP contribution is 2.57. The van der Waals surface area contributed by atoms with Crippen molar-refractivity contribution in [1.29, 1.82) is 0 Å². The number of aliphatic carboxylic acids is 1. The van der Waals surface area contributed by atoms with Gasteiger partial charge in [-0.25, -0.2) is 0 Å². The maximum absolute atomic E-state index is 13.0. The van der Waals surface area contributed by atoms with Crippen molar-refractivity contribution in [2.45, 2.75) is 31.2 Å². The van der Waals surface area contributed by atoms with Gasteiger partial charge in [0.05, 0.1) is 27.9 Å². The summed E-state index contributed by atoms with van der Waals surface area (Å²) in [4.78, 5) is 39.7. The SMILES string of the molecule is CCO.CCOC(=O)[C@]1(CC(=O)O)CSc2[nH]c(=O)sc2[C@@H]1c1cc(Br)cc(Br)c1O. The summed E-state index contributed by atoms with van der Waals surface area (Å²) >= 11 is 8.77. The van der Waals surface area contributed by atoms with Gasteiger partial charge in [0, 0.05) is 33.2 Å². The minimum Gasteiger partial charge on any atom is -0.506 e. The van der Waals surface area contributed by atoms with Crippen molar-refractivity contribution >= 4 is 66.9 Å². The smallest absolute Gasteiger partial charge is 0.314 e. The second-order valence-corrected chi connectivity index (χ2v) is 10.3. The zero-order valence-electron chi connectivity index (χ0n) is 16.6. The van der Waals surface area contributed by atoms with E-state index in [1.54, 1.807) is 26.0 Å². The molecule has 0 amide bonds. The summed E-state index contributed by atoms with van der Waals surface area (Å²) in [5.74, 6) is -2.73. The third kappa shape index (κ3) is 5.54. The maximum atomic E-state index is 13.0. The van der Waals surface area contributed by atoms with Crippen molar-refractivity contribution in [3.8, 4) is 5.75 Å². The first-order valence-corrected chi connectivity index (χ1v) is 12.5. The number of aliphatic hydroxyl groups is 1. The number of fused-ring (bicyclic) bond motifs is 1. The van der Waals surface area contributed by atoms with E-state index in [-0.39, 0.29) is 29.6 Å². The minimum absolute atomic E-state index is 0.0853. The molecule has 0 aliphatic carbocycles. The lowest BCUT2D eigenvalue weighted by Crippen LogP contribution is -2.45. The summed E-state index contributed by atoms with van der Waals surface area (Å²) in [5.41, 5.74) is -1.14. The van der Waals surface area contributed by atoms with Crippen molar-refractivity contribution in [3.63, 3.8) is 0 Å². The molecule has 1 aromatic heterocycles. The van der Waals surface area contributed by atoms with E-state index >= 15 is 0 Å². The molecule has 0 saturated heterocycles. The second kappa shape index (κ2) is 11.0. The van der Waals surface area contributed by atoms with Gasteiger partial charge in [0.25, 0.3) is 0 Å². The van der Waals surface area contributed by atoms with Crippen LogP contribution in [0.5, 0.6) is 5.75 Å². The fraction of sp³-hybridized carbons (Fsp3) is 0.421. The molecule has 1 aliphatic rings. The van der Waals surface area contributed by atoms with Gasteiger partial charge in [-0.15, -0.1) is 11.8 Å². The van der Waals surface area contributed by atoms with Crippen LogP contribution in [0, 0.1) is 5.41 Å². The summed E-state index contributed by atoms with van der Waals surface area (Å²) < 4.78 is 6.26. The van der Waals surface area contributed by atoms with Crippen LogP contribution in [0.2, 0.25) is 0 Å². The number of benzene rings is 1. The number of esters is 1. The van der Waals surface area contributed by atoms with Gasteiger partial charge >= 0.3 is 16.8 Å². The van der Waals surface area contributed by atoms with Gasteiger partial charge in [-0.2, -0.15) is 0 Å². The zero-order chi connectivity index (χ0) is 23.3. The highest BCUT2D eigenvalue weighted by atomic mass is 79.9. The van der Waals surface area contributed by atoms with Crippen LogP contribution in [0.15, 0.2) is 30.9 Å². The van der Waals surface area contributed by atoms with Gasteiger partial charge in [-0.3, -0.25) is 14.4 Å². The number of carboxylic acids is 1. The molecule has 31 heavy (non-hydrogen) atoms. The number of carboxylic acid groups (broad SMARTS) is 1. The molecule has 0 saturated carbocycles. The second-order valence-electron chi connectivity index (χ2n) is 6.52. The third-order valence-corrected chi connectivity index (χ3v) is 7.86. The number of carbonyl (C=O) groups excluding carboxylic acids is 1. The average molecular weight is 599 g/mol. The summed E-state index contributed by atoms with van der Waals surface area (Å²) in [7, 11) is 0. The van der Waals surface area contributed by atoms with Crippen LogP contribution in [0.4, 0.5) is 0 Å². The van der Waals surface area contributed by atoms with Gasteiger partial charge in [0.2, 0.25) is 0 Å². The first-order valence-electron chi connectivity index (χ1n) is 9.14. The van der Waals surface area contributed by atoms with Gasteiger partial charge in [-0.1, -0.05) is 27.3 Å². The van der Waals surface area contributed by atoms with Crippen molar-refractivity contribution in [2.75, 3.05) is 19.0 Å². The Kier molecular flexibility index (Phi) is 9.19. The van der Waals surface area contributed by atoms with E-state index in [1.807, 2.05) is 0 Å². The number of aromatic amines is 1. The van der Waals surface area contributed by atoms with Gasteiger partial charge in [-0.05, 0) is 41.9 Å². The van der Waals surface area contributed by atoms with Gasteiger partial charge < -0.3 is 25.0 Å². The Labute approximate surface area is 203 Å². The van der Waals surface area contributed by atoms with Crippen LogP contribution in [-0.4, -0.2) is 51.2 Å². The van der Waals surface area contributed by atoms with Crippen LogP contribution >= 0.6 is 55.0 Å². The lowest BCUT2D eigenvalue weighted by Gasteiger charge is -2.40. The van der Waals surface area contributed by atoms with Crippen LogP contribution < -0.4 is 4.87 Å². The van der Waals surface area contributed by atoms with Crippen LogP contribution in [0.25, 0.3) is 0 Å². The molecule has 0 spiro atoms. The predicted molar refractivity (Wildman–Crippen MR) is 125 cm³/mol. The van der Waals surface area contributed by atoms with Gasteiger partial charge in [0.1, 0.15) is 5.75 Å². The van der Waals surface area contributed by atoms with Crippen molar-refractivity contribution in [2.24, 2.45) is 5.41 Å². The number of aromatic hydroxyl groups is 1. The van der Waals surface area contributed by atoms with Crippen LogP contribution in [-0.2, 0) is 14.3 Å². The standard InChI is InChI=1S/C17H15Br2NO6S2.C2H6O/c1-2-26-15(24)17(5-10(21)22)6-27-14-13(28-16(25)20-14)11(17)8-3-7(18)4-9(19)12(8)23;1-2-3/h3-4,11,23H,2,5-6H2,1H3,(H,20,25)(H,21,22);3H,2H2,1H3/t11-,17+;/m0./s1. The Morgan fingerprint density at radius 3 is 2.55 bits per heavy atom. The molecule has 0 fully saturated rings. The average Bonchev–Trinajstić information content (AvgIpc) is 3.05. The van der Waals surface area contributed by atoms with E-state index in [1.165, 1.54) is 11.8 Å². The molecule has 8 nitrogen and oxygen atoms in total. The molecule has 0 unspecified atom stereocenters. The molecule has 12 heteroatoms. The Morgan fingerprint density at radius 1 is 1.32 bits per heavy atom. The molecule has 0 radical (unpaired) electrons. The summed E-state index contributed by atoms with van der Waals surface area (Å²) in [6.45, 7) is 3.66. The molecule has 0 bridgehead atoms. The van der Waals surface area contributed by atoms with Crippen molar-refractivity contribution in [3.05, 3.63) is 41.2 Å². The Balaban J connectivity index is 0.00000107. The third-order valence-electron chi connectivity index (χ3n) is 4.45. The quantitative estimate of drug-likeness (QED) is 0.380. The maximum Gasteiger partial charge on any atom is 0.314 e. The fourth-order valence-corrected chi connectivity index (χ4v) is 7.16. The highest BCUT2D eigenvalue weighted by molar-refractivity contribution is 9.11. The Morgan fingerprint density at radius 2 is 1.97 bits per heavy atom. The van der Waals surface area contributed by atoms with Crippen molar-refractivity contribution < 1.29 is 29.6 Å². The largest absolute Gasteiger partial charge is 0.506 e. The summed E-state index contributed by atoms with van der Waals surface area (Å²) in [5, 5.41) is 28.4. The Hall–Kier alpha value is -1.34. The first kappa shape index (κ1) is 25.9. The molecule has 1 aromatic carbocycles. The number of thioether (sulfide) groups is 1.